The van der Waals surface area contributed by atoms with Crippen LogP contribution in [0.4, 0.5) is 0 Å². The van der Waals surface area contributed by atoms with Crippen LogP contribution in [0.3, 0.4) is 0 Å². The van der Waals surface area contributed by atoms with Crippen molar-refractivity contribution in [1.82, 2.24) is 5.32 Å². The highest BCUT2D eigenvalue weighted by molar-refractivity contribution is 5.99. The number of piperidine rings is 1. The molecule has 1 aliphatic rings. The Hall–Kier alpha value is -1.39. The monoisotopic (exact) mass is 277 g/mol. The molecule has 0 aromatic heterocycles. The molecule has 1 N–H and O–H groups in total. The van der Waals surface area contributed by atoms with Gasteiger partial charge in [0.15, 0.2) is 5.78 Å². The minimum absolute atomic E-state index is 0.0141. The van der Waals surface area contributed by atoms with Gasteiger partial charge in [0.1, 0.15) is 12.4 Å². The molecule has 4 nitrogen and oxygen atoms in total. The summed E-state index contributed by atoms with van der Waals surface area (Å²) >= 11 is 0. The molecule has 0 unspecified atom stereocenters. The third kappa shape index (κ3) is 4.32. The Kier molecular flexibility index (Phi) is 5.56. The molecule has 4 heteroatoms. The zero-order valence-electron chi connectivity index (χ0n) is 12.2. The van der Waals surface area contributed by atoms with E-state index in [2.05, 4.69) is 5.32 Å². The van der Waals surface area contributed by atoms with Crippen LogP contribution >= 0.6 is 0 Å². The molecule has 0 saturated carbocycles. The quantitative estimate of drug-likeness (QED) is 0.811. The second-order valence-electron chi connectivity index (χ2n) is 5.35. The number of carbonyl (C=O) groups excluding carboxylic acids is 1. The molecule has 1 heterocycles. The maximum Gasteiger partial charge on any atom is 0.192 e. The van der Waals surface area contributed by atoms with Crippen molar-refractivity contribution < 1.29 is 14.3 Å². The molecule has 2 rings (SSSR count). The molecule has 110 valence electrons. The van der Waals surface area contributed by atoms with Crippen molar-refractivity contribution in [1.29, 1.82) is 0 Å². The Morgan fingerprint density at radius 3 is 2.70 bits per heavy atom. The zero-order valence-corrected chi connectivity index (χ0v) is 12.2. The van der Waals surface area contributed by atoms with Gasteiger partial charge in [-0.2, -0.15) is 0 Å². The molecule has 0 atom stereocenters. The molecule has 1 aromatic rings. The summed E-state index contributed by atoms with van der Waals surface area (Å²) < 4.78 is 11.4. The van der Waals surface area contributed by atoms with Crippen LogP contribution in [0.15, 0.2) is 24.3 Å². The average Bonchev–Trinajstić information content (AvgIpc) is 2.46. The van der Waals surface area contributed by atoms with Crippen LogP contribution in [0.5, 0.6) is 5.75 Å². The van der Waals surface area contributed by atoms with E-state index in [1.807, 2.05) is 32.0 Å². The third-order valence-electron chi connectivity index (χ3n) is 3.29. The summed E-state index contributed by atoms with van der Waals surface area (Å²) in [5.41, 5.74) is 0.607. The molecule has 1 aromatic carbocycles. The topological polar surface area (TPSA) is 47.6 Å². The summed E-state index contributed by atoms with van der Waals surface area (Å²) in [6.45, 7) is 5.96. The number of nitrogens with one attached hydrogen (secondary N) is 1. The first kappa shape index (κ1) is 15.0. The number of ether oxygens (including phenoxy) is 2. The molecule has 1 fully saturated rings. The van der Waals surface area contributed by atoms with Crippen molar-refractivity contribution in [2.75, 3.05) is 19.7 Å². The van der Waals surface area contributed by atoms with E-state index in [-0.39, 0.29) is 24.6 Å². The predicted molar refractivity (Wildman–Crippen MR) is 78.4 cm³/mol. The van der Waals surface area contributed by atoms with Crippen molar-refractivity contribution in [2.45, 2.75) is 38.9 Å². The van der Waals surface area contributed by atoms with Gasteiger partial charge in [0.25, 0.3) is 0 Å². The van der Waals surface area contributed by atoms with Gasteiger partial charge in [-0.25, -0.2) is 0 Å². The fraction of sp³-hybridized carbons (Fsp3) is 0.562. The number of Topliss-reactive ketones (excluding diaryl/α,β-unsaturated/α-hetero) is 1. The Bertz CT molecular complexity index is 439. The molecule has 0 spiro atoms. The minimum atomic E-state index is -0.0141. The van der Waals surface area contributed by atoms with E-state index in [9.17, 15) is 4.79 Å². The normalized spacial score (nSPS) is 16.4. The number of ketones is 1. The molecule has 20 heavy (non-hydrogen) atoms. The molecular formula is C16H23NO3. The summed E-state index contributed by atoms with van der Waals surface area (Å²) in [6.07, 6.45) is 2.18. The van der Waals surface area contributed by atoms with Gasteiger partial charge < -0.3 is 14.8 Å². The highest BCUT2D eigenvalue weighted by atomic mass is 16.5. The maximum atomic E-state index is 12.3. The average molecular weight is 277 g/mol. The number of hydrogen-bond acceptors (Lipinski definition) is 4. The van der Waals surface area contributed by atoms with E-state index < -0.39 is 0 Å². The highest BCUT2D eigenvalue weighted by Gasteiger charge is 2.17. The minimum Gasteiger partial charge on any atom is -0.490 e. The summed E-state index contributed by atoms with van der Waals surface area (Å²) in [5, 5.41) is 3.28. The summed E-state index contributed by atoms with van der Waals surface area (Å²) in [4.78, 5) is 12.3. The predicted octanol–water partition coefficient (Wildman–Crippen LogP) is 2.43. The van der Waals surface area contributed by atoms with Crippen molar-refractivity contribution in [3.8, 4) is 5.75 Å². The van der Waals surface area contributed by atoms with E-state index in [1.54, 1.807) is 6.07 Å². The van der Waals surface area contributed by atoms with Crippen LogP contribution in [0.25, 0.3) is 0 Å². The van der Waals surface area contributed by atoms with Gasteiger partial charge in [0, 0.05) is 0 Å². The Morgan fingerprint density at radius 1 is 1.30 bits per heavy atom. The van der Waals surface area contributed by atoms with Gasteiger partial charge in [0.2, 0.25) is 0 Å². The van der Waals surface area contributed by atoms with Crippen molar-refractivity contribution in [3.05, 3.63) is 29.8 Å². The van der Waals surface area contributed by atoms with Crippen LogP contribution in [0.1, 0.15) is 37.0 Å². The van der Waals surface area contributed by atoms with Gasteiger partial charge in [-0.1, -0.05) is 12.1 Å². The van der Waals surface area contributed by atoms with Gasteiger partial charge >= 0.3 is 0 Å². The Morgan fingerprint density at radius 2 is 2.00 bits per heavy atom. The first-order chi connectivity index (χ1) is 9.66. The van der Waals surface area contributed by atoms with Crippen molar-refractivity contribution in [2.24, 2.45) is 0 Å². The smallest absolute Gasteiger partial charge is 0.192 e. The summed E-state index contributed by atoms with van der Waals surface area (Å²) in [7, 11) is 0. The molecule has 0 aliphatic carbocycles. The van der Waals surface area contributed by atoms with Gasteiger partial charge in [-0.05, 0) is 51.9 Å². The highest BCUT2D eigenvalue weighted by Crippen LogP contribution is 2.20. The first-order valence-corrected chi connectivity index (χ1v) is 7.28. The summed E-state index contributed by atoms with van der Waals surface area (Å²) in [5.74, 6) is 0.626. The van der Waals surface area contributed by atoms with E-state index in [4.69, 9.17) is 9.47 Å². The second-order valence-corrected chi connectivity index (χ2v) is 5.35. The summed E-state index contributed by atoms with van der Waals surface area (Å²) in [6, 6.07) is 7.36. The number of hydrogen-bond donors (Lipinski definition) is 1. The fourth-order valence-electron chi connectivity index (χ4n) is 2.29. The van der Waals surface area contributed by atoms with Crippen LogP contribution in [-0.4, -0.2) is 37.7 Å². The van der Waals surface area contributed by atoms with Gasteiger partial charge in [-0.3, -0.25) is 4.79 Å². The maximum absolute atomic E-state index is 12.3. The van der Waals surface area contributed by atoms with Crippen molar-refractivity contribution >= 4 is 5.78 Å². The van der Waals surface area contributed by atoms with Gasteiger partial charge in [0.05, 0.1) is 17.8 Å². The molecule has 1 aliphatic heterocycles. The zero-order chi connectivity index (χ0) is 14.4. The lowest BCUT2D eigenvalue weighted by Crippen LogP contribution is -2.33. The van der Waals surface area contributed by atoms with E-state index in [0.717, 1.165) is 25.9 Å². The van der Waals surface area contributed by atoms with E-state index in [1.165, 1.54) is 0 Å². The third-order valence-corrected chi connectivity index (χ3v) is 3.29. The Balaban J connectivity index is 1.94. The van der Waals surface area contributed by atoms with Crippen LogP contribution in [-0.2, 0) is 4.74 Å². The van der Waals surface area contributed by atoms with E-state index in [0.29, 0.717) is 11.3 Å². The lowest BCUT2D eigenvalue weighted by atomic mass is 10.1. The molecular weight excluding hydrogens is 254 g/mol. The first-order valence-electron chi connectivity index (χ1n) is 7.28. The lowest BCUT2D eigenvalue weighted by Gasteiger charge is -2.22. The number of carbonyl (C=O) groups is 1. The van der Waals surface area contributed by atoms with Gasteiger partial charge in [-0.15, -0.1) is 0 Å². The second kappa shape index (κ2) is 7.41. The lowest BCUT2D eigenvalue weighted by molar-refractivity contribution is 0.0315. The number of benzene rings is 1. The van der Waals surface area contributed by atoms with Crippen molar-refractivity contribution in [3.63, 3.8) is 0 Å². The van der Waals surface area contributed by atoms with Crippen LogP contribution < -0.4 is 10.1 Å². The largest absolute Gasteiger partial charge is 0.490 e. The molecule has 0 radical (unpaired) electrons. The SMILES string of the molecule is CC(C)Oc1ccccc1C(=O)COC1CCNCC1. The molecule has 1 saturated heterocycles. The fourth-order valence-corrected chi connectivity index (χ4v) is 2.29. The van der Waals surface area contributed by atoms with Crippen LogP contribution in [0.2, 0.25) is 0 Å². The standard InChI is InChI=1S/C16H23NO3/c1-12(2)20-16-6-4-3-5-14(16)15(18)11-19-13-7-9-17-10-8-13/h3-6,12-13,17H,7-11H2,1-2H3. The number of rotatable bonds is 6. The molecule has 0 bridgehead atoms. The molecule has 0 amide bonds. The number of para-hydroxylation sites is 1. The van der Waals surface area contributed by atoms with E-state index >= 15 is 0 Å². The van der Waals surface area contributed by atoms with Crippen LogP contribution in [0, 0.1) is 0 Å². The Labute approximate surface area is 120 Å².